The summed E-state index contributed by atoms with van der Waals surface area (Å²) in [4.78, 5) is 24.6. The van der Waals surface area contributed by atoms with Crippen LogP contribution in [-0.4, -0.2) is 45.9 Å². The zero-order chi connectivity index (χ0) is 17.4. The predicted molar refractivity (Wildman–Crippen MR) is 99.8 cm³/mol. The Balaban J connectivity index is 1.55. The van der Waals surface area contributed by atoms with Crippen molar-refractivity contribution in [1.29, 1.82) is 0 Å². The average molecular weight is 334 g/mol. The number of para-hydroxylation sites is 1. The SMILES string of the molecule is CC1CN(C(=O)c2ccc3nc[nH]c3c2)CC(C)N1c1ccccc1. The van der Waals surface area contributed by atoms with Gasteiger partial charge in [-0.1, -0.05) is 18.2 Å². The molecule has 0 radical (unpaired) electrons. The number of fused-ring (bicyclic) bond motifs is 1. The number of carbonyl (C=O) groups excluding carboxylic acids is 1. The predicted octanol–water partition coefficient (Wildman–Crippen LogP) is 3.30. The molecule has 0 saturated carbocycles. The molecule has 3 aromatic rings. The van der Waals surface area contributed by atoms with Gasteiger partial charge in [0.15, 0.2) is 0 Å². The summed E-state index contributed by atoms with van der Waals surface area (Å²) in [5.41, 5.74) is 3.71. The molecule has 2 atom stereocenters. The maximum absolute atomic E-state index is 13.0. The molecular weight excluding hydrogens is 312 g/mol. The van der Waals surface area contributed by atoms with Crippen LogP contribution in [0.2, 0.25) is 0 Å². The van der Waals surface area contributed by atoms with Crippen LogP contribution in [0.5, 0.6) is 0 Å². The van der Waals surface area contributed by atoms with Crippen LogP contribution in [-0.2, 0) is 0 Å². The highest BCUT2D eigenvalue weighted by atomic mass is 16.2. The van der Waals surface area contributed by atoms with Gasteiger partial charge in [0, 0.05) is 36.4 Å². The Morgan fingerprint density at radius 1 is 1.08 bits per heavy atom. The van der Waals surface area contributed by atoms with Crippen LogP contribution in [0.25, 0.3) is 11.0 Å². The highest BCUT2D eigenvalue weighted by Crippen LogP contribution is 2.25. The standard InChI is InChI=1S/C20H22N4O/c1-14-11-23(12-15(2)24(14)17-6-4-3-5-7-17)20(25)16-8-9-18-19(10-16)22-13-21-18/h3-10,13-15H,11-12H2,1-2H3,(H,21,22). The van der Waals surface area contributed by atoms with E-state index < -0.39 is 0 Å². The van der Waals surface area contributed by atoms with Crippen LogP contribution in [0, 0.1) is 0 Å². The minimum atomic E-state index is 0.0860. The molecule has 5 nitrogen and oxygen atoms in total. The van der Waals surface area contributed by atoms with Gasteiger partial charge < -0.3 is 14.8 Å². The van der Waals surface area contributed by atoms with Gasteiger partial charge >= 0.3 is 0 Å². The fourth-order valence-corrected chi connectivity index (χ4v) is 3.85. The molecule has 1 amide bonds. The molecule has 0 aliphatic carbocycles. The second-order valence-corrected chi connectivity index (χ2v) is 6.79. The number of anilines is 1. The zero-order valence-electron chi connectivity index (χ0n) is 14.5. The largest absolute Gasteiger partial charge is 0.363 e. The maximum atomic E-state index is 13.0. The van der Waals surface area contributed by atoms with E-state index in [1.807, 2.05) is 29.2 Å². The molecule has 1 N–H and O–H groups in total. The van der Waals surface area contributed by atoms with Crippen molar-refractivity contribution in [3.8, 4) is 0 Å². The molecule has 1 fully saturated rings. The van der Waals surface area contributed by atoms with E-state index in [2.05, 4.69) is 53.0 Å². The molecule has 4 rings (SSSR count). The van der Waals surface area contributed by atoms with Gasteiger partial charge in [0.05, 0.1) is 17.4 Å². The van der Waals surface area contributed by atoms with E-state index in [0.29, 0.717) is 5.56 Å². The van der Waals surface area contributed by atoms with Gasteiger partial charge in [-0.15, -0.1) is 0 Å². The maximum Gasteiger partial charge on any atom is 0.254 e. The highest BCUT2D eigenvalue weighted by Gasteiger charge is 2.32. The Morgan fingerprint density at radius 3 is 2.52 bits per heavy atom. The number of hydrogen-bond acceptors (Lipinski definition) is 3. The molecule has 2 unspecified atom stereocenters. The molecule has 1 aliphatic rings. The van der Waals surface area contributed by atoms with Gasteiger partial charge in [-0.25, -0.2) is 4.98 Å². The Bertz CT molecular complexity index is 877. The molecule has 1 aromatic heterocycles. The molecule has 0 spiro atoms. The van der Waals surface area contributed by atoms with E-state index in [1.54, 1.807) is 6.33 Å². The van der Waals surface area contributed by atoms with Crippen LogP contribution >= 0.6 is 0 Å². The van der Waals surface area contributed by atoms with Crippen molar-refractivity contribution >= 4 is 22.6 Å². The normalized spacial score (nSPS) is 20.9. The molecular formula is C20H22N4O. The first-order chi connectivity index (χ1) is 12.1. The molecule has 2 aromatic carbocycles. The van der Waals surface area contributed by atoms with Gasteiger partial charge in [-0.05, 0) is 44.2 Å². The molecule has 25 heavy (non-hydrogen) atoms. The van der Waals surface area contributed by atoms with E-state index >= 15 is 0 Å². The third kappa shape index (κ3) is 2.86. The second kappa shape index (κ2) is 6.24. The fourth-order valence-electron chi connectivity index (χ4n) is 3.85. The van der Waals surface area contributed by atoms with Crippen molar-refractivity contribution < 1.29 is 4.79 Å². The van der Waals surface area contributed by atoms with E-state index in [-0.39, 0.29) is 18.0 Å². The Labute approximate surface area is 147 Å². The summed E-state index contributed by atoms with van der Waals surface area (Å²) in [7, 11) is 0. The lowest BCUT2D eigenvalue weighted by atomic mass is 10.0. The number of nitrogens with one attached hydrogen (secondary N) is 1. The Morgan fingerprint density at radius 2 is 1.80 bits per heavy atom. The fraction of sp³-hybridized carbons (Fsp3) is 0.300. The van der Waals surface area contributed by atoms with Crippen molar-refractivity contribution in [2.45, 2.75) is 25.9 Å². The van der Waals surface area contributed by atoms with Crippen molar-refractivity contribution in [2.24, 2.45) is 0 Å². The van der Waals surface area contributed by atoms with E-state index in [1.165, 1.54) is 5.69 Å². The number of amides is 1. The topological polar surface area (TPSA) is 52.2 Å². The van der Waals surface area contributed by atoms with Crippen molar-refractivity contribution in [1.82, 2.24) is 14.9 Å². The monoisotopic (exact) mass is 334 g/mol. The summed E-state index contributed by atoms with van der Waals surface area (Å²) in [5.74, 6) is 0.0860. The summed E-state index contributed by atoms with van der Waals surface area (Å²) < 4.78 is 0. The van der Waals surface area contributed by atoms with Gasteiger partial charge in [-0.2, -0.15) is 0 Å². The quantitative estimate of drug-likeness (QED) is 0.782. The third-order valence-corrected chi connectivity index (χ3v) is 4.93. The first kappa shape index (κ1) is 15.7. The summed E-state index contributed by atoms with van der Waals surface area (Å²) in [6, 6.07) is 16.6. The number of aromatic amines is 1. The van der Waals surface area contributed by atoms with Crippen LogP contribution < -0.4 is 4.90 Å². The molecule has 1 saturated heterocycles. The molecule has 2 heterocycles. The average Bonchev–Trinajstić information content (AvgIpc) is 3.09. The summed E-state index contributed by atoms with van der Waals surface area (Å²) in [5, 5.41) is 0. The lowest BCUT2D eigenvalue weighted by Gasteiger charge is -2.46. The van der Waals surface area contributed by atoms with E-state index in [0.717, 1.165) is 24.1 Å². The van der Waals surface area contributed by atoms with E-state index in [9.17, 15) is 4.79 Å². The first-order valence-corrected chi connectivity index (χ1v) is 8.69. The van der Waals surface area contributed by atoms with E-state index in [4.69, 9.17) is 0 Å². The number of benzene rings is 2. The van der Waals surface area contributed by atoms with Crippen LogP contribution in [0.4, 0.5) is 5.69 Å². The van der Waals surface area contributed by atoms with Gasteiger partial charge in [-0.3, -0.25) is 4.79 Å². The minimum Gasteiger partial charge on any atom is -0.363 e. The molecule has 1 aliphatic heterocycles. The number of imidazole rings is 1. The van der Waals surface area contributed by atoms with Crippen molar-refractivity contribution in [3.63, 3.8) is 0 Å². The zero-order valence-corrected chi connectivity index (χ0v) is 14.5. The van der Waals surface area contributed by atoms with Crippen LogP contribution in [0.1, 0.15) is 24.2 Å². The molecule has 128 valence electrons. The number of hydrogen-bond donors (Lipinski definition) is 1. The number of piperazine rings is 1. The third-order valence-electron chi connectivity index (χ3n) is 4.93. The summed E-state index contributed by atoms with van der Waals surface area (Å²) in [6.45, 7) is 5.81. The highest BCUT2D eigenvalue weighted by molar-refractivity contribution is 5.97. The number of carbonyl (C=O) groups is 1. The number of nitrogens with zero attached hydrogens (tertiary/aromatic N) is 3. The Hall–Kier alpha value is -2.82. The Kier molecular flexibility index (Phi) is 3.92. The van der Waals surface area contributed by atoms with Crippen LogP contribution in [0.3, 0.4) is 0 Å². The number of aromatic nitrogens is 2. The molecule has 5 heteroatoms. The summed E-state index contributed by atoms with van der Waals surface area (Å²) >= 11 is 0. The lowest BCUT2D eigenvalue weighted by molar-refractivity contribution is 0.0701. The smallest absolute Gasteiger partial charge is 0.254 e. The first-order valence-electron chi connectivity index (χ1n) is 8.69. The lowest BCUT2D eigenvalue weighted by Crippen LogP contribution is -2.58. The van der Waals surface area contributed by atoms with Gasteiger partial charge in [0.1, 0.15) is 0 Å². The number of rotatable bonds is 2. The van der Waals surface area contributed by atoms with Crippen molar-refractivity contribution in [2.75, 3.05) is 18.0 Å². The van der Waals surface area contributed by atoms with Crippen LogP contribution in [0.15, 0.2) is 54.9 Å². The van der Waals surface area contributed by atoms with Crippen molar-refractivity contribution in [3.05, 3.63) is 60.4 Å². The second-order valence-electron chi connectivity index (χ2n) is 6.79. The molecule has 0 bridgehead atoms. The summed E-state index contributed by atoms with van der Waals surface area (Å²) in [6.07, 6.45) is 1.65. The minimum absolute atomic E-state index is 0.0860. The number of H-pyrrole nitrogens is 1. The van der Waals surface area contributed by atoms with Gasteiger partial charge in [0.2, 0.25) is 0 Å². The van der Waals surface area contributed by atoms with Gasteiger partial charge in [0.25, 0.3) is 5.91 Å².